The van der Waals surface area contributed by atoms with Crippen LogP contribution in [0.15, 0.2) is 48.7 Å². The smallest absolute Gasteiger partial charge is 0.123 e. The second kappa shape index (κ2) is 8.69. The van der Waals surface area contributed by atoms with E-state index in [0.29, 0.717) is 23.8 Å². The summed E-state index contributed by atoms with van der Waals surface area (Å²) in [5.74, 6) is 1.02. The fourth-order valence-electron chi connectivity index (χ4n) is 4.50. The van der Waals surface area contributed by atoms with E-state index in [4.69, 9.17) is 5.73 Å². The van der Waals surface area contributed by atoms with E-state index in [1.807, 2.05) is 12.3 Å². The quantitative estimate of drug-likeness (QED) is 0.628. The van der Waals surface area contributed by atoms with Crippen molar-refractivity contribution in [3.05, 3.63) is 54.2 Å². The highest BCUT2D eigenvalue weighted by atomic mass is 15.4. The maximum absolute atomic E-state index is 5.93. The molecule has 3 heterocycles. The van der Waals surface area contributed by atoms with Crippen molar-refractivity contribution in [1.29, 1.82) is 0 Å². The van der Waals surface area contributed by atoms with Crippen LogP contribution in [0.4, 0.5) is 11.5 Å². The van der Waals surface area contributed by atoms with Gasteiger partial charge in [-0.05, 0) is 49.2 Å². The Morgan fingerprint density at radius 3 is 2.93 bits per heavy atom. The van der Waals surface area contributed by atoms with Gasteiger partial charge in [-0.25, -0.2) is 4.98 Å². The SMILES string of the molecule is Nc1cc(C2CNNC2C2CCCCN2CCNc2ccccc2)ccn1. The number of nitrogens with zero attached hydrogens (tertiary/aromatic N) is 2. The van der Waals surface area contributed by atoms with Gasteiger partial charge in [0.25, 0.3) is 0 Å². The molecule has 0 bridgehead atoms. The van der Waals surface area contributed by atoms with Gasteiger partial charge in [-0.3, -0.25) is 15.8 Å². The van der Waals surface area contributed by atoms with Gasteiger partial charge in [-0.1, -0.05) is 24.6 Å². The van der Waals surface area contributed by atoms with Crippen LogP contribution in [-0.2, 0) is 0 Å². The molecule has 2 aliphatic heterocycles. The van der Waals surface area contributed by atoms with Crippen LogP contribution in [-0.4, -0.2) is 48.1 Å². The number of benzene rings is 1. The largest absolute Gasteiger partial charge is 0.384 e. The zero-order valence-corrected chi connectivity index (χ0v) is 15.8. The monoisotopic (exact) mass is 366 g/mol. The molecule has 6 heteroatoms. The first-order valence-corrected chi connectivity index (χ1v) is 10.0. The van der Waals surface area contributed by atoms with Gasteiger partial charge >= 0.3 is 0 Å². The van der Waals surface area contributed by atoms with E-state index in [1.54, 1.807) is 0 Å². The lowest BCUT2D eigenvalue weighted by Gasteiger charge is -2.41. The van der Waals surface area contributed by atoms with Gasteiger partial charge in [0.05, 0.1) is 0 Å². The maximum atomic E-state index is 5.93. The molecule has 144 valence electrons. The molecule has 5 N–H and O–H groups in total. The highest BCUT2D eigenvalue weighted by Gasteiger charge is 2.38. The average Bonchev–Trinajstić information content (AvgIpc) is 3.19. The van der Waals surface area contributed by atoms with Gasteiger partial charge in [-0.2, -0.15) is 0 Å². The third kappa shape index (κ3) is 4.40. The number of para-hydroxylation sites is 1. The molecule has 2 aromatic rings. The molecule has 6 nitrogen and oxygen atoms in total. The molecule has 3 unspecified atom stereocenters. The van der Waals surface area contributed by atoms with E-state index >= 15 is 0 Å². The van der Waals surface area contributed by atoms with Crippen molar-refractivity contribution < 1.29 is 0 Å². The number of pyridine rings is 1. The Morgan fingerprint density at radius 2 is 2.07 bits per heavy atom. The van der Waals surface area contributed by atoms with E-state index in [0.717, 1.165) is 19.6 Å². The van der Waals surface area contributed by atoms with Gasteiger partial charge in [-0.15, -0.1) is 0 Å². The van der Waals surface area contributed by atoms with Crippen molar-refractivity contribution in [3.63, 3.8) is 0 Å². The Morgan fingerprint density at radius 1 is 1.19 bits per heavy atom. The Hall–Kier alpha value is -2.15. The normalized spacial score (nSPS) is 26.1. The number of aromatic nitrogens is 1. The van der Waals surface area contributed by atoms with E-state index in [9.17, 15) is 0 Å². The number of hydrazine groups is 1. The number of rotatable bonds is 6. The third-order valence-electron chi connectivity index (χ3n) is 5.84. The Kier molecular flexibility index (Phi) is 5.87. The lowest BCUT2D eigenvalue weighted by Crippen LogP contribution is -2.53. The van der Waals surface area contributed by atoms with Gasteiger partial charge in [0, 0.05) is 49.5 Å². The van der Waals surface area contributed by atoms with Crippen molar-refractivity contribution in [1.82, 2.24) is 20.7 Å². The molecule has 2 saturated heterocycles. The van der Waals surface area contributed by atoms with Crippen LogP contribution in [0.1, 0.15) is 30.7 Å². The zero-order valence-electron chi connectivity index (χ0n) is 15.8. The second-order valence-corrected chi connectivity index (χ2v) is 7.56. The molecule has 0 saturated carbocycles. The van der Waals surface area contributed by atoms with E-state index in [-0.39, 0.29) is 0 Å². The number of hydrogen-bond acceptors (Lipinski definition) is 6. The summed E-state index contributed by atoms with van der Waals surface area (Å²) in [6.07, 6.45) is 5.65. The van der Waals surface area contributed by atoms with Gasteiger partial charge < -0.3 is 11.1 Å². The first-order valence-electron chi connectivity index (χ1n) is 10.0. The van der Waals surface area contributed by atoms with Crippen LogP contribution >= 0.6 is 0 Å². The van der Waals surface area contributed by atoms with Gasteiger partial charge in [0.1, 0.15) is 5.82 Å². The molecule has 27 heavy (non-hydrogen) atoms. The van der Waals surface area contributed by atoms with Crippen molar-refractivity contribution in [2.24, 2.45) is 0 Å². The number of likely N-dealkylation sites (tertiary alicyclic amines) is 1. The van der Waals surface area contributed by atoms with Crippen molar-refractivity contribution in [2.45, 2.75) is 37.3 Å². The standard InChI is InChI=1S/C21H30N6/c22-20-14-16(9-10-24-20)18-15-25-26-21(18)19-8-4-5-12-27(19)13-11-23-17-6-2-1-3-7-17/h1-3,6-7,9-10,14,18-19,21,23,25-26H,4-5,8,11-13,15H2,(H2,22,24). The fraction of sp³-hybridized carbons (Fsp3) is 0.476. The highest BCUT2D eigenvalue weighted by Crippen LogP contribution is 2.31. The number of hydrogen-bond donors (Lipinski definition) is 4. The molecule has 1 aromatic carbocycles. The average molecular weight is 367 g/mol. The van der Waals surface area contributed by atoms with Crippen LogP contribution < -0.4 is 21.9 Å². The van der Waals surface area contributed by atoms with Gasteiger partial charge in [0.2, 0.25) is 0 Å². The molecule has 0 spiro atoms. The van der Waals surface area contributed by atoms with E-state index < -0.39 is 0 Å². The Labute approximate surface area is 161 Å². The van der Waals surface area contributed by atoms with Crippen LogP contribution in [0.5, 0.6) is 0 Å². The minimum atomic E-state index is 0.392. The minimum absolute atomic E-state index is 0.392. The number of nitrogen functional groups attached to an aromatic ring is 1. The lowest BCUT2D eigenvalue weighted by molar-refractivity contribution is 0.118. The summed E-state index contributed by atoms with van der Waals surface area (Å²) in [4.78, 5) is 6.81. The number of nitrogens with two attached hydrogens (primary N) is 1. The van der Waals surface area contributed by atoms with E-state index in [2.05, 4.69) is 62.5 Å². The summed E-state index contributed by atoms with van der Waals surface area (Å²) < 4.78 is 0. The van der Waals surface area contributed by atoms with Crippen LogP contribution in [0.25, 0.3) is 0 Å². The molecule has 1 aromatic heterocycles. The molecule has 0 aliphatic carbocycles. The number of anilines is 2. The summed E-state index contributed by atoms with van der Waals surface area (Å²) in [6.45, 7) is 4.13. The predicted molar refractivity (Wildman–Crippen MR) is 110 cm³/mol. The van der Waals surface area contributed by atoms with Crippen molar-refractivity contribution in [2.75, 3.05) is 37.2 Å². The molecular formula is C21H30N6. The van der Waals surface area contributed by atoms with E-state index in [1.165, 1.54) is 37.1 Å². The topological polar surface area (TPSA) is 78.2 Å². The first kappa shape index (κ1) is 18.2. The fourth-order valence-corrected chi connectivity index (χ4v) is 4.50. The zero-order chi connectivity index (χ0) is 18.5. The second-order valence-electron chi connectivity index (χ2n) is 7.56. The van der Waals surface area contributed by atoms with Crippen LogP contribution in [0.2, 0.25) is 0 Å². The first-order chi connectivity index (χ1) is 13.3. The predicted octanol–water partition coefficient (Wildman–Crippen LogP) is 2.19. The molecule has 0 radical (unpaired) electrons. The molecule has 2 aliphatic rings. The van der Waals surface area contributed by atoms with Crippen LogP contribution in [0.3, 0.4) is 0 Å². The van der Waals surface area contributed by atoms with Crippen molar-refractivity contribution >= 4 is 11.5 Å². The highest BCUT2D eigenvalue weighted by molar-refractivity contribution is 5.42. The lowest BCUT2D eigenvalue weighted by atomic mass is 9.84. The Balaban J connectivity index is 1.41. The number of piperidine rings is 1. The molecule has 3 atom stereocenters. The molecule has 4 rings (SSSR count). The molecule has 0 amide bonds. The van der Waals surface area contributed by atoms with Crippen LogP contribution in [0, 0.1) is 0 Å². The molecule has 2 fully saturated rings. The summed E-state index contributed by atoms with van der Waals surface area (Å²) in [6, 6.07) is 15.5. The third-order valence-corrected chi connectivity index (χ3v) is 5.84. The minimum Gasteiger partial charge on any atom is -0.384 e. The van der Waals surface area contributed by atoms with Gasteiger partial charge in [0.15, 0.2) is 0 Å². The Bertz CT molecular complexity index is 722. The maximum Gasteiger partial charge on any atom is 0.123 e. The summed E-state index contributed by atoms with van der Waals surface area (Å²) >= 11 is 0. The molecular weight excluding hydrogens is 336 g/mol. The summed E-state index contributed by atoms with van der Waals surface area (Å²) in [5.41, 5.74) is 15.3. The van der Waals surface area contributed by atoms with Crippen molar-refractivity contribution in [3.8, 4) is 0 Å². The number of nitrogens with one attached hydrogen (secondary N) is 3. The summed E-state index contributed by atoms with van der Waals surface area (Å²) in [7, 11) is 0. The summed E-state index contributed by atoms with van der Waals surface area (Å²) in [5, 5.41) is 3.55.